The molecule has 3 heterocycles. The molecule has 0 bridgehead atoms. The normalized spacial score (nSPS) is 15.8. The zero-order valence-electron chi connectivity index (χ0n) is 23.2. The molecule has 4 rings (SSSR count). The minimum atomic E-state index is -0.862. The van der Waals surface area contributed by atoms with Crippen molar-refractivity contribution in [3.63, 3.8) is 0 Å². The molecular formula is C30H41N7O2. The SMILES string of the molecule is CC/C(=C\C(=C/N)CN1CCCC1)c1ccc2[nH]nc(C(=O)Nc3ccc(C(O)NC(CC)CC)nc3)c2c1. The number of benzene rings is 1. The number of nitrogens with two attached hydrogens (primary N) is 1. The molecule has 2 aromatic heterocycles. The molecule has 9 nitrogen and oxygen atoms in total. The van der Waals surface area contributed by atoms with Gasteiger partial charge in [-0.05, 0) is 92.4 Å². The maximum Gasteiger partial charge on any atom is 0.276 e. The molecule has 9 heteroatoms. The Balaban J connectivity index is 1.49. The molecule has 208 valence electrons. The molecule has 1 saturated heterocycles. The van der Waals surface area contributed by atoms with E-state index in [0.29, 0.717) is 17.1 Å². The average molecular weight is 532 g/mol. The number of hydrogen-bond donors (Lipinski definition) is 5. The summed E-state index contributed by atoms with van der Waals surface area (Å²) in [7, 11) is 0. The van der Waals surface area contributed by atoms with Gasteiger partial charge >= 0.3 is 0 Å². The first-order valence-corrected chi connectivity index (χ1v) is 14.0. The number of allylic oxidation sites excluding steroid dienone is 1. The fraction of sp³-hybridized carbons (Fsp3) is 0.433. The number of hydrogen-bond acceptors (Lipinski definition) is 7. The number of aromatic nitrogens is 3. The molecule has 1 amide bonds. The van der Waals surface area contributed by atoms with Crippen LogP contribution in [0, 0.1) is 0 Å². The summed E-state index contributed by atoms with van der Waals surface area (Å²) in [6.45, 7) is 9.34. The first-order chi connectivity index (χ1) is 18.9. The second-order valence-corrected chi connectivity index (χ2v) is 10.1. The average Bonchev–Trinajstić information content (AvgIpc) is 3.63. The number of pyridine rings is 1. The zero-order valence-corrected chi connectivity index (χ0v) is 23.2. The second kappa shape index (κ2) is 13.5. The van der Waals surface area contributed by atoms with Crippen molar-refractivity contribution in [2.45, 2.75) is 65.1 Å². The highest BCUT2D eigenvalue weighted by Crippen LogP contribution is 2.26. The molecular weight excluding hydrogens is 490 g/mol. The molecule has 1 aliphatic rings. The number of fused-ring (bicyclic) bond motifs is 1. The Bertz CT molecular complexity index is 1300. The molecule has 1 aliphatic heterocycles. The van der Waals surface area contributed by atoms with Gasteiger partial charge in [0.15, 0.2) is 5.69 Å². The number of aliphatic hydroxyl groups is 1. The Kier molecular flexibility index (Phi) is 9.86. The van der Waals surface area contributed by atoms with E-state index in [4.69, 9.17) is 5.73 Å². The molecule has 1 atom stereocenters. The van der Waals surface area contributed by atoms with Crippen molar-refractivity contribution >= 4 is 28.1 Å². The predicted molar refractivity (Wildman–Crippen MR) is 157 cm³/mol. The van der Waals surface area contributed by atoms with E-state index >= 15 is 0 Å². The monoisotopic (exact) mass is 531 g/mol. The van der Waals surface area contributed by atoms with Crippen LogP contribution in [0.1, 0.15) is 80.8 Å². The Morgan fingerprint density at radius 3 is 2.59 bits per heavy atom. The highest BCUT2D eigenvalue weighted by molar-refractivity contribution is 6.11. The van der Waals surface area contributed by atoms with E-state index in [-0.39, 0.29) is 11.9 Å². The predicted octanol–water partition coefficient (Wildman–Crippen LogP) is 4.71. The van der Waals surface area contributed by atoms with E-state index in [0.717, 1.165) is 66.5 Å². The fourth-order valence-corrected chi connectivity index (χ4v) is 5.01. The number of amides is 1. The minimum absolute atomic E-state index is 0.213. The van der Waals surface area contributed by atoms with Gasteiger partial charge in [-0.1, -0.05) is 32.9 Å². The smallest absolute Gasteiger partial charge is 0.276 e. The van der Waals surface area contributed by atoms with Crippen LogP contribution in [-0.2, 0) is 0 Å². The number of rotatable bonds is 12. The summed E-state index contributed by atoms with van der Waals surface area (Å²) in [5, 5.41) is 24.5. The highest BCUT2D eigenvalue weighted by Gasteiger charge is 2.18. The number of nitrogens with one attached hydrogen (secondary N) is 3. The molecule has 0 spiro atoms. The second-order valence-electron chi connectivity index (χ2n) is 10.1. The van der Waals surface area contributed by atoms with Crippen LogP contribution in [0.4, 0.5) is 5.69 Å². The van der Waals surface area contributed by atoms with Gasteiger partial charge in [0.25, 0.3) is 5.91 Å². The Morgan fingerprint density at radius 1 is 1.18 bits per heavy atom. The number of likely N-dealkylation sites (tertiary alicyclic amines) is 1. The fourth-order valence-electron chi connectivity index (χ4n) is 5.01. The standard InChI is InChI=1S/C30H41N7O2/c1-4-21(15-20(17-31)19-37-13-7-8-14-37)22-9-11-26-25(16-22)28(36-35-26)30(39)34-24-10-12-27(32-18-24)29(38)33-23(5-2)6-3/h9-12,15-18,23,29,33,38H,4-8,13-14,19,31H2,1-3H3,(H,34,39)(H,35,36)/b20-17+,21-15+. The van der Waals surface area contributed by atoms with Crippen LogP contribution in [-0.4, -0.2) is 56.8 Å². The van der Waals surface area contributed by atoms with Crippen LogP contribution in [0.2, 0.25) is 0 Å². The van der Waals surface area contributed by atoms with Crippen LogP contribution in [0.3, 0.4) is 0 Å². The molecule has 0 saturated carbocycles. The molecule has 0 radical (unpaired) electrons. The van der Waals surface area contributed by atoms with Gasteiger partial charge in [0, 0.05) is 18.0 Å². The van der Waals surface area contributed by atoms with E-state index in [1.165, 1.54) is 12.8 Å². The number of anilines is 1. The van der Waals surface area contributed by atoms with Crippen LogP contribution in [0.5, 0.6) is 0 Å². The Hall–Kier alpha value is -3.53. The first-order valence-electron chi connectivity index (χ1n) is 14.0. The number of H-pyrrole nitrogens is 1. The summed E-state index contributed by atoms with van der Waals surface area (Å²) in [5.74, 6) is -0.331. The van der Waals surface area contributed by atoms with Crippen LogP contribution in [0.15, 0.2) is 54.4 Å². The lowest BCUT2D eigenvalue weighted by Crippen LogP contribution is -2.32. The lowest BCUT2D eigenvalue weighted by molar-refractivity contribution is 0.102. The molecule has 1 fully saturated rings. The maximum atomic E-state index is 13.2. The van der Waals surface area contributed by atoms with Crippen LogP contribution < -0.4 is 16.4 Å². The van der Waals surface area contributed by atoms with Gasteiger partial charge in [0.2, 0.25) is 0 Å². The summed E-state index contributed by atoms with van der Waals surface area (Å²) in [6.07, 6.45) is 9.69. The van der Waals surface area contributed by atoms with E-state index in [2.05, 4.69) is 57.6 Å². The topological polar surface area (TPSA) is 132 Å². The number of carbonyl (C=O) groups is 1. The van der Waals surface area contributed by atoms with E-state index < -0.39 is 6.23 Å². The van der Waals surface area contributed by atoms with Gasteiger partial charge in [0.05, 0.1) is 23.1 Å². The van der Waals surface area contributed by atoms with Gasteiger partial charge in [0.1, 0.15) is 6.23 Å². The van der Waals surface area contributed by atoms with E-state index in [9.17, 15) is 9.90 Å². The van der Waals surface area contributed by atoms with Crippen molar-refractivity contribution in [1.82, 2.24) is 25.4 Å². The van der Waals surface area contributed by atoms with Crippen molar-refractivity contribution in [3.8, 4) is 0 Å². The first kappa shape index (κ1) is 28.5. The van der Waals surface area contributed by atoms with Crippen molar-refractivity contribution in [3.05, 3.63) is 71.3 Å². The van der Waals surface area contributed by atoms with Crippen LogP contribution in [0.25, 0.3) is 16.5 Å². The number of nitrogens with zero attached hydrogens (tertiary/aromatic N) is 3. The summed E-state index contributed by atoms with van der Waals surface area (Å²) in [6, 6.07) is 9.66. The molecule has 0 aliphatic carbocycles. The summed E-state index contributed by atoms with van der Waals surface area (Å²) < 4.78 is 0. The van der Waals surface area contributed by atoms with Crippen molar-refractivity contribution in [1.29, 1.82) is 0 Å². The third kappa shape index (κ3) is 7.11. The van der Waals surface area contributed by atoms with Gasteiger partial charge < -0.3 is 16.2 Å². The lowest BCUT2D eigenvalue weighted by Gasteiger charge is -2.19. The number of carbonyl (C=O) groups excluding carboxylic acids is 1. The lowest BCUT2D eigenvalue weighted by atomic mass is 9.98. The molecule has 6 N–H and O–H groups in total. The zero-order chi connectivity index (χ0) is 27.8. The summed E-state index contributed by atoms with van der Waals surface area (Å²) in [4.78, 5) is 19.9. The Labute approximate surface area is 230 Å². The summed E-state index contributed by atoms with van der Waals surface area (Å²) >= 11 is 0. The van der Waals surface area contributed by atoms with E-state index in [1.807, 2.05) is 18.2 Å². The van der Waals surface area contributed by atoms with Gasteiger partial charge in [-0.25, -0.2) is 0 Å². The minimum Gasteiger partial charge on any atom is -0.404 e. The number of aliphatic hydroxyl groups excluding tert-OH is 1. The van der Waals surface area contributed by atoms with Crippen molar-refractivity contribution in [2.24, 2.45) is 5.73 Å². The number of aromatic amines is 1. The van der Waals surface area contributed by atoms with Crippen LogP contribution >= 0.6 is 0 Å². The van der Waals surface area contributed by atoms with E-state index in [1.54, 1.807) is 24.5 Å². The largest absolute Gasteiger partial charge is 0.404 e. The third-order valence-corrected chi connectivity index (χ3v) is 7.41. The van der Waals surface area contributed by atoms with Crippen molar-refractivity contribution < 1.29 is 9.90 Å². The molecule has 1 unspecified atom stereocenters. The highest BCUT2D eigenvalue weighted by atomic mass is 16.3. The maximum absolute atomic E-state index is 13.2. The quantitative estimate of drug-likeness (QED) is 0.169. The van der Waals surface area contributed by atoms with Gasteiger partial charge in [-0.3, -0.25) is 25.1 Å². The van der Waals surface area contributed by atoms with Crippen molar-refractivity contribution in [2.75, 3.05) is 25.0 Å². The van der Waals surface area contributed by atoms with Gasteiger partial charge in [-0.2, -0.15) is 5.10 Å². The molecule has 1 aromatic carbocycles. The Morgan fingerprint density at radius 2 is 1.95 bits per heavy atom. The summed E-state index contributed by atoms with van der Waals surface area (Å²) in [5.41, 5.74) is 11.4. The molecule has 39 heavy (non-hydrogen) atoms. The van der Waals surface area contributed by atoms with Gasteiger partial charge in [-0.15, -0.1) is 0 Å². The third-order valence-electron chi connectivity index (χ3n) is 7.41. The molecule has 3 aromatic rings.